The second-order valence-corrected chi connectivity index (χ2v) is 3.55. The second-order valence-electron chi connectivity index (χ2n) is 3.55. The normalized spacial score (nSPS) is 21.9. The maximum Gasteiger partial charge on any atom is 0.179 e. The zero-order valence-corrected chi connectivity index (χ0v) is 7.72. The molecule has 1 fully saturated rings. The zero-order valence-electron chi connectivity index (χ0n) is 7.72. The van der Waals surface area contributed by atoms with Gasteiger partial charge in [0.25, 0.3) is 0 Å². The summed E-state index contributed by atoms with van der Waals surface area (Å²) in [6.45, 7) is 2.08. The molecule has 3 rings (SSSR count). The van der Waals surface area contributed by atoms with Crippen molar-refractivity contribution in [3.63, 3.8) is 0 Å². The molecule has 2 aromatic rings. The van der Waals surface area contributed by atoms with Crippen LogP contribution >= 0.6 is 0 Å². The molecule has 5 heteroatoms. The fourth-order valence-electron chi connectivity index (χ4n) is 1.93. The lowest BCUT2D eigenvalue weighted by molar-refractivity contribution is 0.691. The second kappa shape index (κ2) is 3.02. The van der Waals surface area contributed by atoms with Gasteiger partial charge in [-0.25, -0.2) is 0 Å². The van der Waals surface area contributed by atoms with Gasteiger partial charge in [0.05, 0.1) is 6.20 Å². The molecular weight excluding hydrogens is 178 g/mol. The molecule has 14 heavy (non-hydrogen) atoms. The van der Waals surface area contributed by atoms with E-state index in [1.54, 1.807) is 12.4 Å². The van der Waals surface area contributed by atoms with Crippen molar-refractivity contribution in [3.8, 4) is 0 Å². The molecule has 0 spiro atoms. The number of hydrogen-bond acceptors (Lipinski definition) is 4. The minimum Gasteiger partial charge on any atom is -0.316 e. The first-order valence-corrected chi connectivity index (χ1v) is 4.80. The minimum absolute atomic E-state index is 0.493. The van der Waals surface area contributed by atoms with Gasteiger partial charge in [-0.15, -0.1) is 10.2 Å². The van der Waals surface area contributed by atoms with E-state index < -0.39 is 0 Å². The average molecular weight is 189 g/mol. The Hall–Kier alpha value is -1.49. The summed E-state index contributed by atoms with van der Waals surface area (Å²) in [5.41, 5.74) is 0.828. The predicted molar refractivity (Wildman–Crippen MR) is 51.0 cm³/mol. The predicted octanol–water partition coefficient (Wildman–Crippen LogP) is 0.201. The summed E-state index contributed by atoms with van der Waals surface area (Å²) < 4.78 is 2.02. The number of nitrogens with zero attached hydrogens (tertiary/aromatic N) is 4. The molecule has 1 saturated heterocycles. The molecule has 0 aliphatic carbocycles. The molecule has 0 radical (unpaired) electrons. The largest absolute Gasteiger partial charge is 0.316 e. The fraction of sp³-hybridized carbons (Fsp3) is 0.444. The fourth-order valence-corrected chi connectivity index (χ4v) is 1.93. The van der Waals surface area contributed by atoms with E-state index in [9.17, 15) is 0 Å². The monoisotopic (exact) mass is 189 g/mol. The van der Waals surface area contributed by atoms with Crippen molar-refractivity contribution in [1.82, 2.24) is 24.9 Å². The van der Waals surface area contributed by atoms with E-state index in [0.29, 0.717) is 5.92 Å². The molecule has 0 saturated carbocycles. The van der Waals surface area contributed by atoms with Crippen LogP contribution in [0.5, 0.6) is 0 Å². The summed E-state index contributed by atoms with van der Waals surface area (Å²) in [5.74, 6) is 1.54. The van der Waals surface area contributed by atoms with Crippen molar-refractivity contribution < 1.29 is 0 Å². The van der Waals surface area contributed by atoms with Crippen LogP contribution in [0, 0.1) is 0 Å². The molecule has 0 bridgehead atoms. The van der Waals surface area contributed by atoms with Crippen molar-refractivity contribution >= 4 is 5.65 Å². The molecule has 1 atom stereocenters. The summed E-state index contributed by atoms with van der Waals surface area (Å²) in [7, 11) is 0. The van der Waals surface area contributed by atoms with Gasteiger partial charge < -0.3 is 5.32 Å². The van der Waals surface area contributed by atoms with Crippen LogP contribution in [-0.2, 0) is 0 Å². The molecule has 3 heterocycles. The third-order valence-corrected chi connectivity index (χ3v) is 2.67. The highest BCUT2D eigenvalue weighted by Crippen LogP contribution is 2.20. The Kier molecular flexibility index (Phi) is 1.70. The Morgan fingerprint density at radius 1 is 1.43 bits per heavy atom. The van der Waals surface area contributed by atoms with Gasteiger partial charge in [0.2, 0.25) is 0 Å². The van der Waals surface area contributed by atoms with Crippen LogP contribution in [0.2, 0.25) is 0 Å². The van der Waals surface area contributed by atoms with Crippen LogP contribution in [0.25, 0.3) is 5.65 Å². The number of fused-ring (bicyclic) bond motifs is 1. The van der Waals surface area contributed by atoms with Crippen LogP contribution in [-0.4, -0.2) is 32.7 Å². The smallest absolute Gasteiger partial charge is 0.179 e. The van der Waals surface area contributed by atoms with Crippen LogP contribution < -0.4 is 5.32 Å². The van der Waals surface area contributed by atoms with Gasteiger partial charge in [-0.3, -0.25) is 9.38 Å². The summed E-state index contributed by atoms with van der Waals surface area (Å²) in [6, 6.07) is 0. The highest BCUT2D eigenvalue weighted by molar-refractivity contribution is 5.34. The Balaban J connectivity index is 2.11. The molecule has 1 unspecified atom stereocenters. The number of aromatic nitrogens is 4. The summed E-state index contributed by atoms with van der Waals surface area (Å²) in [5, 5.41) is 11.6. The first kappa shape index (κ1) is 7.87. The molecule has 1 aliphatic rings. The molecule has 1 N–H and O–H groups in total. The number of rotatable bonds is 1. The third kappa shape index (κ3) is 1.09. The molecule has 0 amide bonds. The molecule has 5 nitrogen and oxygen atoms in total. The Morgan fingerprint density at radius 2 is 2.43 bits per heavy atom. The van der Waals surface area contributed by atoms with E-state index in [1.165, 1.54) is 0 Å². The minimum atomic E-state index is 0.493. The van der Waals surface area contributed by atoms with Gasteiger partial charge in [0.15, 0.2) is 5.65 Å². The van der Waals surface area contributed by atoms with Crippen molar-refractivity contribution in [2.24, 2.45) is 0 Å². The first-order chi connectivity index (χ1) is 6.95. The standard InChI is InChI=1S/C9H11N5/c1-2-10-5-7(1)9-13-12-8-6-11-3-4-14(8)9/h3-4,6-7,10H,1-2,5H2. The van der Waals surface area contributed by atoms with Crippen molar-refractivity contribution in [2.45, 2.75) is 12.3 Å². The first-order valence-electron chi connectivity index (χ1n) is 4.80. The average Bonchev–Trinajstić information content (AvgIpc) is 2.85. The lowest BCUT2D eigenvalue weighted by atomic mass is 10.1. The van der Waals surface area contributed by atoms with Crippen molar-refractivity contribution in [2.75, 3.05) is 13.1 Å². The van der Waals surface area contributed by atoms with Gasteiger partial charge in [-0.05, 0) is 13.0 Å². The van der Waals surface area contributed by atoms with Crippen LogP contribution in [0.3, 0.4) is 0 Å². The quantitative estimate of drug-likeness (QED) is 0.696. The lowest BCUT2D eigenvalue weighted by Crippen LogP contribution is -2.10. The van der Waals surface area contributed by atoms with Crippen molar-refractivity contribution in [1.29, 1.82) is 0 Å². The maximum absolute atomic E-state index is 4.21. The Morgan fingerprint density at radius 3 is 3.29 bits per heavy atom. The van der Waals surface area contributed by atoms with Crippen LogP contribution in [0.15, 0.2) is 18.6 Å². The Labute approximate surface area is 81.2 Å². The number of hydrogen-bond donors (Lipinski definition) is 1. The molecular formula is C9H11N5. The topological polar surface area (TPSA) is 55.1 Å². The van der Waals surface area contributed by atoms with E-state index in [1.807, 2.05) is 10.6 Å². The maximum atomic E-state index is 4.21. The van der Waals surface area contributed by atoms with Gasteiger partial charge in [0.1, 0.15) is 5.82 Å². The number of nitrogens with one attached hydrogen (secondary N) is 1. The lowest BCUT2D eigenvalue weighted by Gasteiger charge is -2.04. The highest BCUT2D eigenvalue weighted by atomic mass is 15.3. The summed E-state index contributed by atoms with van der Waals surface area (Å²) in [6.07, 6.45) is 6.56. The van der Waals surface area contributed by atoms with E-state index in [-0.39, 0.29) is 0 Å². The SMILES string of the molecule is c1cn2c(C3CCNC3)nnc2cn1. The van der Waals surface area contributed by atoms with E-state index in [4.69, 9.17) is 0 Å². The Bertz CT molecular complexity index is 443. The molecule has 72 valence electrons. The third-order valence-electron chi connectivity index (χ3n) is 2.67. The molecule has 1 aliphatic heterocycles. The van der Waals surface area contributed by atoms with Gasteiger partial charge in [0, 0.05) is 24.9 Å². The summed E-state index contributed by atoms with van der Waals surface area (Å²) >= 11 is 0. The molecule has 2 aromatic heterocycles. The zero-order chi connectivity index (χ0) is 9.38. The van der Waals surface area contributed by atoms with Crippen LogP contribution in [0.4, 0.5) is 0 Å². The van der Waals surface area contributed by atoms with E-state index in [0.717, 1.165) is 31.0 Å². The van der Waals surface area contributed by atoms with Crippen molar-refractivity contribution in [3.05, 3.63) is 24.4 Å². The molecule has 0 aromatic carbocycles. The van der Waals surface area contributed by atoms with Crippen LogP contribution in [0.1, 0.15) is 18.2 Å². The van der Waals surface area contributed by atoms with E-state index >= 15 is 0 Å². The van der Waals surface area contributed by atoms with Gasteiger partial charge in [-0.2, -0.15) is 0 Å². The van der Waals surface area contributed by atoms with Gasteiger partial charge in [-0.1, -0.05) is 0 Å². The highest BCUT2D eigenvalue weighted by Gasteiger charge is 2.21. The van der Waals surface area contributed by atoms with Gasteiger partial charge >= 0.3 is 0 Å². The van der Waals surface area contributed by atoms with E-state index in [2.05, 4.69) is 20.5 Å². The summed E-state index contributed by atoms with van der Waals surface area (Å²) in [4.78, 5) is 4.01.